The second kappa shape index (κ2) is 7.49. The topological polar surface area (TPSA) is 78.4 Å². The molecule has 5 nitrogen and oxygen atoms in total. The van der Waals surface area contributed by atoms with Crippen LogP contribution in [0.2, 0.25) is 0 Å². The van der Waals surface area contributed by atoms with Crippen LogP contribution in [-0.4, -0.2) is 20.5 Å². The maximum Gasteiger partial charge on any atom is 0.310 e. The Balaban J connectivity index is 1.84. The molecular weight excluding hydrogens is 374 g/mol. The Morgan fingerprint density at radius 3 is 2.53 bits per heavy atom. The number of nitrogens with zero attached hydrogens (tertiary/aromatic N) is 3. The number of fused-ring (bicyclic) bond motifs is 1. The molecule has 148 valence electrons. The van der Waals surface area contributed by atoms with Crippen molar-refractivity contribution in [3.63, 3.8) is 0 Å². The van der Waals surface area contributed by atoms with E-state index in [4.69, 9.17) is 0 Å². The maximum absolute atomic E-state index is 12.1. The van der Waals surface area contributed by atoms with Crippen LogP contribution < -0.4 is 0 Å². The van der Waals surface area contributed by atoms with Crippen LogP contribution in [0.1, 0.15) is 36.5 Å². The van der Waals surface area contributed by atoms with Crippen molar-refractivity contribution in [3.8, 4) is 17.3 Å². The molecule has 4 aromatic rings. The zero-order valence-electron chi connectivity index (χ0n) is 16.8. The molecule has 0 aliphatic carbocycles. The summed E-state index contributed by atoms with van der Waals surface area (Å²) in [7, 11) is 0. The first-order valence-corrected chi connectivity index (χ1v) is 9.67. The van der Waals surface area contributed by atoms with Crippen molar-refractivity contribution < 1.29 is 9.90 Å². The molecular formula is C25H21N3O2. The van der Waals surface area contributed by atoms with E-state index in [1.165, 1.54) is 0 Å². The van der Waals surface area contributed by atoms with Crippen molar-refractivity contribution in [3.05, 3.63) is 95.9 Å². The highest BCUT2D eigenvalue weighted by Gasteiger charge is 2.39. The fourth-order valence-electron chi connectivity index (χ4n) is 3.94. The monoisotopic (exact) mass is 395 g/mol. The lowest BCUT2D eigenvalue weighted by atomic mass is 9.71. The fraction of sp³-hybridized carbons (Fsp3) is 0.160. The molecule has 0 saturated heterocycles. The van der Waals surface area contributed by atoms with E-state index in [0.717, 1.165) is 27.9 Å². The molecule has 1 atom stereocenters. The van der Waals surface area contributed by atoms with E-state index in [2.05, 4.69) is 11.1 Å². The van der Waals surface area contributed by atoms with Crippen LogP contribution >= 0.6 is 0 Å². The second-order valence-corrected chi connectivity index (χ2v) is 7.91. The number of hydrogen-bond donors (Lipinski definition) is 1. The number of imidazole rings is 1. The van der Waals surface area contributed by atoms with E-state index in [0.29, 0.717) is 5.56 Å². The minimum atomic E-state index is -1.00. The fourth-order valence-corrected chi connectivity index (χ4v) is 3.94. The minimum absolute atomic E-state index is 0.326. The molecule has 0 aliphatic heterocycles. The number of carboxylic acids is 1. The van der Waals surface area contributed by atoms with Crippen molar-refractivity contribution >= 4 is 11.5 Å². The van der Waals surface area contributed by atoms with Crippen LogP contribution in [-0.2, 0) is 4.79 Å². The van der Waals surface area contributed by atoms with Crippen molar-refractivity contribution in [2.45, 2.75) is 19.8 Å². The van der Waals surface area contributed by atoms with Crippen molar-refractivity contribution in [1.29, 1.82) is 5.26 Å². The highest BCUT2D eigenvalue weighted by atomic mass is 16.4. The molecule has 2 heterocycles. The number of carbonyl (C=O) groups is 1. The first kappa shape index (κ1) is 19.4. The van der Waals surface area contributed by atoms with Gasteiger partial charge in [-0.05, 0) is 43.2 Å². The predicted octanol–water partition coefficient (Wildman–Crippen LogP) is 5.12. The van der Waals surface area contributed by atoms with Gasteiger partial charge in [-0.25, -0.2) is 4.98 Å². The van der Waals surface area contributed by atoms with Crippen LogP contribution in [0.25, 0.3) is 16.8 Å². The summed E-state index contributed by atoms with van der Waals surface area (Å²) in [6.07, 6.45) is 3.67. The second-order valence-electron chi connectivity index (χ2n) is 7.91. The average Bonchev–Trinajstić information content (AvgIpc) is 3.18. The number of aliphatic carboxylic acids is 1. The van der Waals surface area contributed by atoms with Gasteiger partial charge in [-0.1, -0.05) is 48.5 Å². The minimum Gasteiger partial charge on any atom is -0.481 e. The van der Waals surface area contributed by atoms with Gasteiger partial charge in [0.05, 0.1) is 34.6 Å². The Morgan fingerprint density at radius 2 is 1.83 bits per heavy atom. The average molecular weight is 395 g/mol. The normalized spacial score (nSPS) is 12.4. The molecule has 0 radical (unpaired) electrons. The zero-order valence-corrected chi connectivity index (χ0v) is 16.8. The summed E-state index contributed by atoms with van der Waals surface area (Å²) in [5.74, 6) is -1.18. The number of carboxylic acid groups (broad SMARTS) is 1. The smallest absolute Gasteiger partial charge is 0.310 e. The SMILES string of the molecule is CC(C)(C(=O)O)C(c1ccccc1)c1ccc2c(-c3cccc(C#N)c3)ncn2c1. The Hall–Kier alpha value is -3.91. The number of nitriles is 1. The van der Waals surface area contributed by atoms with Crippen LogP contribution in [0.5, 0.6) is 0 Å². The Kier molecular flexibility index (Phi) is 4.85. The molecule has 1 unspecified atom stereocenters. The van der Waals surface area contributed by atoms with E-state index < -0.39 is 11.4 Å². The summed E-state index contributed by atoms with van der Waals surface area (Å²) in [4.78, 5) is 16.6. The molecule has 2 aromatic heterocycles. The van der Waals surface area contributed by atoms with Crippen LogP contribution in [0.4, 0.5) is 0 Å². The lowest BCUT2D eigenvalue weighted by Gasteiger charge is -2.31. The van der Waals surface area contributed by atoms with Gasteiger partial charge >= 0.3 is 5.97 Å². The predicted molar refractivity (Wildman–Crippen MR) is 115 cm³/mol. The highest BCUT2D eigenvalue weighted by molar-refractivity contribution is 5.79. The number of benzene rings is 2. The zero-order chi connectivity index (χ0) is 21.3. The van der Waals surface area contributed by atoms with Crippen LogP contribution in [0.15, 0.2) is 79.3 Å². The van der Waals surface area contributed by atoms with Gasteiger partial charge in [0.25, 0.3) is 0 Å². The van der Waals surface area contributed by atoms with Gasteiger partial charge in [0.2, 0.25) is 0 Å². The van der Waals surface area contributed by atoms with E-state index in [1.54, 1.807) is 26.2 Å². The first-order valence-electron chi connectivity index (χ1n) is 9.67. The summed E-state index contributed by atoms with van der Waals surface area (Å²) in [6, 6.07) is 23.1. The molecule has 0 saturated carbocycles. The molecule has 30 heavy (non-hydrogen) atoms. The lowest BCUT2D eigenvalue weighted by molar-refractivity contribution is -0.147. The van der Waals surface area contributed by atoms with E-state index in [-0.39, 0.29) is 5.92 Å². The quantitative estimate of drug-likeness (QED) is 0.509. The Morgan fingerprint density at radius 1 is 1.07 bits per heavy atom. The van der Waals surface area contributed by atoms with E-state index in [9.17, 15) is 15.2 Å². The van der Waals surface area contributed by atoms with Crippen LogP contribution in [0.3, 0.4) is 0 Å². The summed E-state index contributed by atoms with van der Waals surface area (Å²) < 4.78 is 1.91. The molecule has 1 N–H and O–H groups in total. The van der Waals surface area contributed by atoms with Crippen LogP contribution in [0, 0.1) is 16.7 Å². The van der Waals surface area contributed by atoms with Crippen molar-refractivity contribution in [2.75, 3.05) is 0 Å². The van der Waals surface area contributed by atoms with Gasteiger partial charge in [-0.15, -0.1) is 0 Å². The first-order chi connectivity index (χ1) is 14.4. The lowest BCUT2D eigenvalue weighted by Crippen LogP contribution is -2.32. The molecule has 0 spiro atoms. The molecule has 4 rings (SSSR count). The number of hydrogen-bond acceptors (Lipinski definition) is 3. The Bertz CT molecular complexity index is 1270. The number of rotatable bonds is 5. The standard InChI is InChI=1S/C25H21N3O2/c1-25(2,24(29)30)22(18-8-4-3-5-9-18)20-11-12-21-23(27-16-28(21)15-20)19-10-6-7-17(13-19)14-26/h3-13,15-16,22H,1-2H3,(H,29,30). The molecule has 0 bridgehead atoms. The molecule has 2 aromatic carbocycles. The van der Waals surface area contributed by atoms with E-state index in [1.807, 2.05) is 71.3 Å². The third-order valence-corrected chi connectivity index (χ3v) is 5.56. The summed E-state index contributed by atoms with van der Waals surface area (Å²) >= 11 is 0. The largest absolute Gasteiger partial charge is 0.481 e. The highest BCUT2D eigenvalue weighted by Crippen LogP contribution is 2.41. The van der Waals surface area contributed by atoms with E-state index >= 15 is 0 Å². The molecule has 5 heteroatoms. The third kappa shape index (κ3) is 3.33. The van der Waals surface area contributed by atoms with Gasteiger partial charge in [-0.3, -0.25) is 4.79 Å². The van der Waals surface area contributed by atoms with Gasteiger partial charge < -0.3 is 9.51 Å². The maximum atomic E-state index is 12.1. The van der Waals surface area contributed by atoms with Gasteiger partial charge in [0.15, 0.2) is 0 Å². The molecule has 0 amide bonds. The van der Waals surface area contributed by atoms with Gasteiger partial charge in [-0.2, -0.15) is 5.26 Å². The number of pyridine rings is 1. The third-order valence-electron chi connectivity index (χ3n) is 5.56. The van der Waals surface area contributed by atoms with Gasteiger partial charge in [0, 0.05) is 17.7 Å². The molecule has 0 fully saturated rings. The summed E-state index contributed by atoms with van der Waals surface area (Å²) in [5, 5.41) is 19.1. The molecule has 0 aliphatic rings. The Labute approximate surface area is 174 Å². The number of aromatic nitrogens is 2. The van der Waals surface area contributed by atoms with Gasteiger partial charge in [0.1, 0.15) is 0 Å². The van der Waals surface area contributed by atoms with Crippen molar-refractivity contribution in [1.82, 2.24) is 9.38 Å². The van der Waals surface area contributed by atoms with Crippen molar-refractivity contribution in [2.24, 2.45) is 5.41 Å². The summed E-state index contributed by atoms with van der Waals surface area (Å²) in [6.45, 7) is 3.51. The summed E-state index contributed by atoms with van der Waals surface area (Å²) in [5.41, 5.74) is 3.98.